The summed E-state index contributed by atoms with van der Waals surface area (Å²) in [5.41, 5.74) is 4.21. The lowest BCUT2D eigenvalue weighted by atomic mass is 9.98. The average Bonchev–Trinajstić information content (AvgIpc) is 3.13. The van der Waals surface area contributed by atoms with E-state index in [9.17, 15) is 23.2 Å². The standard InChI is InChI=1S/C24H26F2N2O5S/c1-34-11-10-19(22(29)27-20(23(30)31)12-21(25)26)28-24(32)33-13-18-16-8-4-2-6-14(16)15-7-3-5-9-17(15)18/h2-9,18-21H,10-13H2,1H3,(H,27,29)(H,28,32)(H,30,31)/t19-,20?/m0/s1. The summed E-state index contributed by atoms with van der Waals surface area (Å²) in [5, 5.41) is 13.7. The smallest absolute Gasteiger partial charge is 0.407 e. The molecule has 0 aromatic heterocycles. The molecule has 0 saturated heterocycles. The third-order valence-electron chi connectivity index (χ3n) is 5.59. The summed E-state index contributed by atoms with van der Waals surface area (Å²) in [6, 6.07) is 12.8. The molecule has 0 spiro atoms. The summed E-state index contributed by atoms with van der Waals surface area (Å²) in [6.07, 6.45) is -2.79. The predicted octanol–water partition coefficient (Wildman–Crippen LogP) is 3.87. The average molecular weight is 493 g/mol. The van der Waals surface area contributed by atoms with Gasteiger partial charge in [-0.2, -0.15) is 11.8 Å². The number of thioether (sulfide) groups is 1. The topological polar surface area (TPSA) is 105 Å². The second-order valence-electron chi connectivity index (χ2n) is 7.83. The van der Waals surface area contributed by atoms with E-state index in [1.807, 2.05) is 48.5 Å². The quantitative estimate of drug-likeness (QED) is 0.440. The first-order valence-electron chi connectivity index (χ1n) is 10.7. The highest BCUT2D eigenvalue weighted by atomic mass is 32.2. The first-order valence-corrected chi connectivity index (χ1v) is 12.1. The molecule has 0 aliphatic heterocycles. The molecule has 2 aromatic rings. The third kappa shape index (κ3) is 6.25. The van der Waals surface area contributed by atoms with Crippen molar-refractivity contribution in [3.63, 3.8) is 0 Å². The molecule has 7 nitrogen and oxygen atoms in total. The Kier molecular flexibility index (Phi) is 8.86. The highest BCUT2D eigenvalue weighted by molar-refractivity contribution is 7.98. The number of ether oxygens (including phenoxy) is 1. The number of halogens is 2. The molecule has 1 aliphatic carbocycles. The molecule has 2 amide bonds. The Balaban J connectivity index is 1.65. The summed E-state index contributed by atoms with van der Waals surface area (Å²) >= 11 is 1.42. The van der Waals surface area contributed by atoms with Crippen LogP contribution in [0.3, 0.4) is 0 Å². The Hall–Kier alpha value is -3.14. The van der Waals surface area contributed by atoms with E-state index < -0.39 is 42.9 Å². The molecule has 2 atom stereocenters. The molecule has 2 aromatic carbocycles. The molecule has 3 N–H and O–H groups in total. The van der Waals surface area contributed by atoms with Crippen molar-refractivity contribution in [1.29, 1.82) is 0 Å². The van der Waals surface area contributed by atoms with Crippen LogP contribution >= 0.6 is 11.8 Å². The Bertz CT molecular complexity index is 990. The van der Waals surface area contributed by atoms with Crippen molar-refractivity contribution in [2.45, 2.75) is 37.3 Å². The molecule has 0 heterocycles. The second kappa shape index (κ2) is 11.8. The van der Waals surface area contributed by atoms with Gasteiger partial charge >= 0.3 is 12.1 Å². The first kappa shape index (κ1) is 25.5. The molecule has 34 heavy (non-hydrogen) atoms. The van der Waals surface area contributed by atoms with E-state index in [2.05, 4.69) is 10.6 Å². The zero-order chi connectivity index (χ0) is 24.7. The van der Waals surface area contributed by atoms with Crippen LogP contribution in [-0.2, 0) is 14.3 Å². The molecule has 0 fully saturated rings. The highest BCUT2D eigenvalue weighted by Crippen LogP contribution is 2.44. The van der Waals surface area contributed by atoms with E-state index in [-0.39, 0.29) is 18.9 Å². The SMILES string of the molecule is CSCC[C@H](NC(=O)OCC1c2ccccc2-c2ccccc21)C(=O)NC(CC(F)F)C(=O)O. The number of benzene rings is 2. The second-order valence-corrected chi connectivity index (χ2v) is 8.82. The number of aliphatic carboxylic acids is 1. The number of carbonyl (C=O) groups is 3. The lowest BCUT2D eigenvalue weighted by Gasteiger charge is -2.21. The number of rotatable bonds is 11. The molecule has 10 heteroatoms. The van der Waals surface area contributed by atoms with Gasteiger partial charge in [-0.1, -0.05) is 48.5 Å². The Morgan fingerprint density at radius 2 is 1.59 bits per heavy atom. The number of amides is 2. The van der Waals surface area contributed by atoms with Gasteiger partial charge in [0.15, 0.2) is 0 Å². The van der Waals surface area contributed by atoms with Crippen LogP contribution in [0.5, 0.6) is 0 Å². The number of fused-ring (bicyclic) bond motifs is 3. The van der Waals surface area contributed by atoms with Crippen molar-refractivity contribution < 1.29 is 33.0 Å². The Labute approximate surface area is 200 Å². The molecular weight excluding hydrogens is 466 g/mol. The van der Waals surface area contributed by atoms with Gasteiger partial charge in [0.05, 0.1) is 0 Å². The number of carbonyl (C=O) groups excluding carboxylic acids is 2. The van der Waals surface area contributed by atoms with Crippen LogP contribution in [0.2, 0.25) is 0 Å². The fourth-order valence-electron chi connectivity index (χ4n) is 3.96. The summed E-state index contributed by atoms with van der Waals surface area (Å²) in [4.78, 5) is 36.3. The highest BCUT2D eigenvalue weighted by Gasteiger charge is 2.31. The van der Waals surface area contributed by atoms with Gasteiger partial charge in [-0.3, -0.25) is 4.79 Å². The minimum absolute atomic E-state index is 0.0415. The molecule has 0 radical (unpaired) electrons. The molecule has 3 rings (SSSR count). The number of hydrogen-bond donors (Lipinski definition) is 3. The van der Waals surface area contributed by atoms with Gasteiger partial charge < -0.3 is 20.5 Å². The van der Waals surface area contributed by atoms with E-state index in [0.717, 1.165) is 22.3 Å². The molecular formula is C24H26F2N2O5S. The van der Waals surface area contributed by atoms with Gasteiger partial charge in [0, 0.05) is 12.3 Å². The maximum atomic E-state index is 12.7. The van der Waals surface area contributed by atoms with Crippen molar-refractivity contribution in [3.8, 4) is 11.1 Å². The van der Waals surface area contributed by atoms with Gasteiger partial charge in [0.2, 0.25) is 12.3 Å². The fourth-order valence-corrected chi connectivity index (χ4v) is 4.43. The molecule has 1 unspecified atom stereocenters. The lowest BCUT2D eigenvalue weighted by Crippen LogP contribution is -2.52. The van der Waals surface area contributed by atoms with Gasteiger partial charge in [0.25, 0.3) is 0 Å². The van der Waals surface area contributed by atoms with Crippen molar-refractivity contribution in [3.05, 3.63) is 59.7 Å². The largest absolute Gasteiger partial charge is 0.480 e. The number of nitrogens with one attached hydrogen (secondary N) is 2. The minimum atomic E-state index is -2.90. The van der Waals surface area contributed by atoms with Crippen LogP contribution < -0.4 is 10.6 Å². The third-order valence-corrected chi connectivity index (χ3v) is 6.24. The van der Waals surface area contributed by atoms with E-state index in [0.29, 0.717) is 5.75 Å². The molecule has 0 saturated carbocycles. The monoisotopic (exact) mass is 492 g/mol. The van der Waals surface area contributed by atoms with Crippen molar-refractivity contribution in [1.82, 2.24) is 10.6 Å². The van der Waals surface area contributed by atoms with Gasteiger partial charge in [-0.25, -0.2) is 18.4 Å². The number of alkyl carbamates (subject to hydrolysis) is 1. The summed E-state index contributed by atoms with van der Waals surface area (Å²) in [7, 11) is 0. The van der Waals surface area contributed by atoms with E-state index >= 15 is 0 Å². The van der Waals surface area contributed by atoms with Crippen molar-refractivity contribution in [2.75, 3.05) is 18.6 Å². The summed E-state index contributed by atoms with van der Waals surface area (Å²) < 4.78 is 30.8. The van der Waals surface area contributed by atoms with E-state index in [1.165, 1.54) is 11.8 Å². The number of hydrogen-bond acceptors (Lipinski definition) is 5. The summed E-state index contributed by atoms with van der Waals surface area (Å²) in [6.45, 7) is 0.0415. The zero-order valence-electron chi connectivity index (χ0n) is 18.5. The van der Waals surface area contributed by atoms with E-state index in [4.69, 9.17) is 9.84 Å². The molecule has 1 aliphatic rings. The number of carboxylic acids is 1. The Morgan fingerprint density at radius 3 is 2.12 bits per heavy atom. The van der Waals surface area contributed by atoms with Crippen molar-refractivity contribution in [2.24, 2.45) is 0 Å². The van der Waals surface area contributed by atoms with Crippen LogP contribution in [0, 0.1) is 0 Å². The number of carboxylic acid groups (broad SMARTS) is 1. The van der Waals surface area contributed by atoms with Crippen LogP contribution in [-0.4, -0.2) is 60.2 Å². The summed E-state index contributed by atoms with van der Waals surface area (Å²) in [5.74, 6) is -2.11. The normalized spacial score (nSPS) is 14.1. The predicted molar refractivity (Wildman–Crippen MR) is 125 cm³/mol. The van der Waals surface area contributed by atoms with Crippen LogP contribution in [0.15, 0.2) is 48.5 Å². The zero-order valence-corrected chi connectivity index (χ0v) is 19.3. The van der Waals surface area contributed by atoms with Crippen molar-refractivity contribution >= 4 is 29.7 Å². The van der Waals surface area contributed by atoms with Gasteiger partial charge in [-0.15, -0.1) is 0 Å². The first-order chi connectivity index (χ1) is 16.3. The maximum absolute atomic E-state index is 12.7. The van der Waals surface area contributed by atoms with E-state index in [1.54, 1.807) is 6.26 Å². The number of alkyl halides is 2. The fraction of sp³-hybridized carbons (Fsp3) is 0.375. The van der Waals surface area contributed by atoms with Crippen LogP contribution in [0.25, 0.3) is 11.1 Å². The molecule has 0 bridgehead atoms. The molecule has 182 valence electrons. The van der Waals surface area contributed by atoms with Gasteiger partial charge in [-0.05, 0) is 40.7 Å². The lowest BCUT2D eigenvalue weighted by molar-refractivity contribution is -0.143. The maximum Gasteiger partial charge on any atom is 0.407 e. The minimum Gasteiger partial charge on any atom is -0.480 e. The van der Waals surface area contributed by atoms with Crippen LogP contribution in [0.4, 0.5) is 13.6 Å². The van der Waals surface area contributed by atoms with Gasteiger partial charge in [0.1, 0.15) is 18.7 Å². The Morgan fingerprint density at radius 1 is 1.00 bits per heavy atom. The van der Waals surface area contributed by atoms with Crippen LogP contribution in [0.1, 0.15) is 29.9 Å².